The van der Waals surface area contributed by atoms with Crippen molar-refractivity contribution in [2.24, 2.45) is 0 Å². The molecule has 0 bridgehead atoms. The Morgan fingerprint density at radius 3 is 3.08 bits per heavy atom. The predicted molar refractivity (Wildman–Crippen MR) is 46.2 cm³/mol. The van der Waals surface area contributed by atoms with Crippen molar-refractivity contribution in [2.75, 3.05) is 0 Å². The number of fused-ring (bicyclic) bond motifs is 1. The van der Waals surface area contributed by atoms with Crippen molar-refractivity contribution in [1.82, 2.24) is 10.2 Å². The number of aromatic nitrogens is 2. The summed E-state index contributed by atoms with van der Waals surface area (Å²) >= 11 is 0. The van der Waals surface area contributed by atoms with E-state index in [4.69, 9.17) is 0 Å². The average molecular weight is 160 g/mol. The Morgan fingerprint density at radius 2 is 2.33 bits per heavy atom. The van der Waals surface area contributed by atoms with Crippen LogP contribution in [0.2, 0.25) is 0 Å². The Morgan fingerprint density at radius 1 is 1.50 bits per heavy atom. The summed E-state index contributed by atoms with van der Waals surface area (Å²) in [4.78, 5) is 10.7. The molecule has 60 valence electrons. The second kappa shape index (κ2) is 2.44. The van der Waals surface area contributed by atoms with Crippen molar-refractivity contribution >= 4 is 17.2 Å². The standard InChI is InChI=1S/C9H8N2O/c1-6-2-3-9-7(4-10-11-9)8(6)5-12/h2-5H,1H3,(H,10,11). The third-order valence-corrected chi connectivity index (χ3v) is 2.00. The van der Waals surface area contributed by atoms with Crippen molar-refractivity contribution in [2.45, 2.75) is 6.92 Å². The van der Waals surface area contributed by atoms with Crippen molar-refractivity contribution in [3.63, 3.8) is 0 Å². The van der Waals surface area contributed by atoms with Gasteiger partial charge in [-0.3, -0.25) is 9.89 Å². The summed E-state index contributed by atoms with van der Waals surface area (Å²) < 4.78 is 0. The number of benzene rings is 1. The largest absolute Gasteiger partial charge is 0.298 e. The van der Waals surface area contributed by atoms with E-state index >= 15 is 0 Å². The number of aldehydes is 1. The van der Waals surface area contributed by atoms with Crippen LogP contribution >= 0.6 is 0 Å². The van der Waals surface area contributed by atoms with Gasteiger partial charge in [0.15, 0.2) is 6.29 Å². The molecule has 3 heteroatoms. The van der Waals surface area contributed by atoms with Gasteiger partial charge in [-0.1, -0.05) is 6.07 Å². The molecule has 0 fully saturated rings. The normalized spacial score (nSPS) is 10.4. The number of aromatic amines is 1. The van der Waals surface area contributed by atoms with Crippen molar-refractivity contribution in [1.29, 1.82) is 0 Å². The average Bonchev–Trinajstić information content (AvgIpc) is 2.52. The van der Waals surface area contributed by atoms with E-state index in [9.17, 15) is 4.79 Å². The van der Waals surface area contributed by atoms with Crippen LogP contribution in [-0.4, -0.2) is 16.5 Å². The van der Waals surface area contributed by atoms with Gasteiger partial charge in [-0.15, -0.1) is 0 Å². The maximum atomic E-state index is 10.7. The van der Waals surface area contributed by atoms with Crippen LogP contribution in [0.3, 0.4) is 0 Å². The smallest absolute Gasteiger partial charge is 0.151 e. The topological polar surface area (TPSA) is 45.8 Å². The SMILES string of the molecule is Cc1ccc2[nH]ncc2c1C=O. The van der Waals surface area contributed by atoms with Gasteiger partial charge in [0.25, 0.3) is 0 Å². The lowest BCUT2D eigenvalue weighted by molar-refractivity contribution is 0.112. The quantitative estimate of drug-likeness (QED) is 0.645. The van der Waals surface area contributed by atoms with E-state index in [0.717, 1.165) is 28.3 Å². The van der Waals surface area contributed by atoms with Crippen LogP contribution in [0.5, 0.6) is 0 Å². The van der Waals surface area contributed by atoms with Crippen LogP contribution in [0.4, 0.5) is 0 Å². The maximum Gasteiger partial charge on any atom is 0.151 e. The van der Waals surface area contributed by atoms with Crippen LogP contribution in [0.25, 0.3) is 10.9 Å². The van der Waals surface area contributed by atoms with Crippen LogP contribution in [0, 0.1) is 6.92 Å². The molecule has 1 heterocycles. The van der Waals surface area contributed by atoms with Crippen LogP contribution in [0.1, 0.15) is 15.9 Å². The van der Waals surface area contributed by atoms with Gasteiger partial charge in [-0.25, -0.2) is 0 Å². The third-order valence-electron chi connectivity index (χ3n) is 2.00. The second-order valence-corrected chi connectivity index (χ2v) is 2.75. The summed E-state index contributed by atoms with van der Waals surface area (Å²) in [6, 6.07) is 3.83. The first kappa shape index (κ1) is 7.03. The first-order chi connectivity index (χ1) is 5.83. The third kappa shape index (κ3) is 0.830. The summed E-state index contributed by atoms with van der Waals surface area (Å²) in [5.41, 5.74) is 2.61. The molecule has 1 aromatic carbocycles. The number of rotatable bonds is 1. The number of carbonyl (C=O) groups is 1. The Hall–Kier alpha value is -1.64. The molecule has 0 atom stereocenters. The lowest BCUT2D eigenvalue weighted by Crippen LogP contribution is -1.86. The van der Waals surface area contributed by atoms with Gasteiger partial charge < -0.3 is 0 Å². The molecule has 12 heavy (non-hydrogen) atoms. The number of hydrogen-bond acceptors (Lipinski definition) is 2. The van der Waals surface area contributed by atoms with E-state index in [-0.39, 0.29) is 0 Å². The van der Waals surface area contributed by atoms with E-state index in [1.54, 1.807) is 6.20 Å². The minimum Gasteiger partial charge on any atom is -0.298 e. The van der Waals surface area contributed by atoms with Gasteiger partial charge in [0, 0.05) is 10.9 Å². The number of hydrogen-bond donors (Lipinski definition) is 1. The zero-order chi connectivity index (χ0) is 8.55. The molecule has 2 aromatic rings. The first-order valence-electron chi connectivity index (χ1n) is 3.71. The summed E-state index contributed by atoms with van der Waals surface area (Å²) in [7, 11) is 0. The van der Waals surface area contributed by atoms with Crippen molar-refractivity contribution < 1.29 is 4.79 Å². The molecule has 1 aromatic heterocycles. The summed E-state index contributed by atoms with van der Waals surface area (Å²) in [6.45, 7) is 1.91. The van der Waals surface area contributed by atoms with E-state index in [1.807, 2.05) is 19.1 Å². The van der Waals surface area contributed by atoms with E-state index in [2.05, 4.69) is 10.2 Å². The minimum atomic E-state index is 0.723. The van der Waals surface area contributed by atoms with Crippen molar-refractivity contribution in [3.05, 3.63) is 29.5 Å². The van der Waals surface area contributed by atoms with E-state index in [1.165, 1.54) is 0 Å². The molecule has 0 saturated carbocycles. The highest BCUT2D eigenvalue weighted by atomic mass is 16.1. The molecule has 0 aliphatic heterocycles. The van der Waals surface area contributed by atoms with Gasteiger partial charge in [-0.05, 0) is 18.6 Å². The second-order valence-electron chi connectivity index (χ2n) is 2.75. The molecule has 0 spiro atoms. The summed E-state index contributed by atoms with van der Waals surface area (Å²) in [5, 5.41) is 7.57. The number of H-pyrrole nitrogens is 1. The van der Waals surface area contributed by atoms with Gasteiger partial charge in [0.2, 0.25) is 0 Å². The highest BCUT2D eigenvalue weighted by Crippen LogP contribution is 2.17. The fourth-order valence-corrected chi connectivity index (χ4v) is 1.30. The molecule has 0 unspecified atom stereocenters. The predicted octanol–water partition coefficient (Wildman–Crippen LogP) is 1.68. The Bertz CT molecular complexity index is 431. The van der Waals surface area contributed by atoms with Gasteiger partial charge in [-0.2, -0.15) is 5.10 Å². The molecular weight excluding hydrogens is 152 g/mol. The highest BCUT2D eigenvalue weighted by molar-refractivity contribution is 5.97. The fourth-order valence-electron chi connectivity index (χ4n) is 1.30. The molecule has 0 saturated heterocycles. The lowest BCUT2D eigenvalue weighted by Gasteiger charge is -1.97. The van der Waals surface area contributed by atoms with Gasteiger partial charge >= 0.3 is 0 Å². The van der Waals surface area contributed by atoms with E-state index in [0.29, 0.717) is 0 Å². The Balaban J connectivity index is 2.91. The Kier molecular flexibility index (Phi) is 1.43. The summed E-state index contributed by atoms with van der Waals surface area (Å²) in [6.07, 6.45) is 2.54. The van der Waals surface area contributed by atoms with Crippen LogP contribution < -0.4 is 0 Å². The molecular formula is C9H8N2O. The van der Waals surface area contributed by atoms with Gasteiger partial charge in [0.1, 0.15) is 0 Å². The fraction of sp³-hybridized carbons (Fsp3) is 0.111. The minimum absolute atomic E-state index is 0.723. The Labute approximate surface area is 69.4 Å². The zero-order valence-corrected chi connectivity index (χ0v) is 6.66. The van der Waals surface area contributed by atoms with Crippen LogP contribution in [0.15, 0.2) is 18.3 Å². The highest BCUT2D eigenvalue weighted by Gasteiger charge is 2.03. The number of carbonyl (C=O) groups excluding carboxylic acids is 1. The maximum absolute atomic E-state index is 10.7. The molecule has 0 amide bonds. The molecule has 3 nitrogen and oxygen atoms in total. The number of nitrogens with one attached hydrogen (secondary N) is 1. The summed E-state index contributed by atoms with van der Waals surface area (Å²) in [5.74, 6) is 0. The van der Waals surface area contributed by atoms with Crippen LogP contribution in [-0.2, 0) is 0 Å². The van der Waals surface area contributed by atoms with Gasteiger partial charge in [0.05, 0.1) is 11.7 Å². The zero-order valence-electron chi connectivity index (χ0n) is 6.66. The van der Waals surface area contributed by atoms with Crippen molar-refractivity contribution in [3.8, 4) is 0 Å². The molecule has 0 radical (unpaired) electrons. The molecule has 0 aliphatic carbocycles. The molecule has 2 rings (SSSR count). The lowest BCUT2D eigenvalue weighted by atomic mass is 10.1. The first-order valence-corrected chi connectivity index (χ1v) is 3.71. The number of nitrogens with zero attached hydrogens (tertiary/aromatic N) is 1. The molecule has 0 aliphatic rings. The number of aryl methyl sites for hydroxylation is 1. The monoisotopic (exact) mass is 160 g/mol. The molecule has 1 N–H and O–H groups in total. The van der Waals surface area contributed by atoms with E-state index < -0.39 is 0 Å².